The van der Waals surface area contributed by atoms with Crippen molar-refractivity contribution in [3.8, 4) is 0 Å². The molecule has 0 bridgehead atoms. The van der Waals surface area contributed by atoms with E-state index in [0.717, 1.165) is 18.2 Å². The van der Waals surface area contributed by atoms with Gasteiger partial charge in [-0.1, -0.05) is 30.1 Å². The summed E-state index contributed by atoms with van der Waals surface area (Å²) in [6.45, 7) is 3.12. The average molecular weight is 353 g/mol. The van der Waals surface area contributed by atoms with Crippen LogP contribution in [0.15, 0.2) is 12.1 Å². The van der Waals surface area contributed by atoms with Gasteiger partial charge in [-0.2, -0.15) is 0 Å². The van der Waals surface area contributed by atoms with E-state index in [1.54, 1.807) is 12.1 Å². The van der Waals surface area contributed by atoms with Crippen molar-refractivity contribution < 1.29 is 4.79 Å². The molecular weight excluding hydrogens is 335 g/mol. The maximum atomic E-state index is 11.6. The minimum absolute atomic E-state index is 0.139. The molecule has 0 unspecified atom stereocenters. The first-order chi connectivity index (χ1) is 11.1. The highest BCUT2D eigenvalue weighted by Gasteiger charge is 2.28. The molecule has 0 radical (unpaired) electrons. The third-order valence-corrected chi connectivity index (χ3v) is 4.25. The first kappa shape index (κ1) is 16.3. The molecule has 2 aromatic rings. The van der Waals surface area contributed by atoms with Crippen molar-refractivity contribution in [3.63, 3.8) is 0 Å². The second-order valence-corrected chi connectivity index (χ2v) is 6.46. The zero-order chi connectivity index (χ0) is 16.4. The van der Waals surface area contributed by atoms with Crippen molar-refractivity contribution >= 4 is 45.8 Å². The van der Waals surface area contributed by atoms with Crippen LogP contribution in [0.4, 0.5) is 5.82 Å². The molecule has 1 aliphatic rings. The van der Waals surface area contributed by atoms with Crippen LogP contribution >= 0.6 is 23.2 Å². The monoisotopic (exact) mass is 352 g/mol. The number of nitrogens with zero attached hydrogens (tertiary/aromatic N) is 2. The number of anilines is 1. The van der Waals surface area contributed by atoms with Crippen LogP contribution in [0, 0.1) is 5.92 Å². The number of benzene rings is 1. The van der Waals surface area contributed by atoms with Gasteiger partial charge in [0.15, 0.2) is 0 Å². The van der Waals surface area contributed by atoms with E-state index in [9.17, 15) is 4.79 Å². The largest absolute Gasteiger partial charge is 0.368 e. The molecule has 1 aromatic heterocycles. The molecule has 0 aliphatic heterocycles. The Morgan fingerprint density at radius 2 is 2.04 bits per heavy atom. The van der Waals surface area contributed by atoms with Gasteiger partial charge in [0.25, 0.3) is 0 Å². The van der Waals surface area contributed by atoms with Crippen molar-refractivity contribution in [1.29, 1.82) is 0 Å². The fraction of sp³-hybridized carbons (Fsp3) is 0.438. The predicted molar refractivity (Wildman–Crippen MR) is 93.2 cm³/mol. The molecule has 2 N–H and O–H groups in total. The van der Waals surface area contributed by atoms with Gasteiger partial charge in [0.2, 0.25) is 5.91 Å². The maximum absolute atomic E-state index is 11.6. The number of aromatic nitrogens is 2. The average Bonchev–Trinajstić information content (AvgIpc) is 3.36. The van der Waals surface area contributed by atoms with Gasteiger partial charge in [0.05, 0.1) is 10.5 Å². The minimum Gasteiger partial charge on any atom is -0.368 e. The summed E-state index contributed by atoms with van der Waals surface area (Å²) in [6, 6.07) is 3.48. The number of rotatable bonds is 6. The lowest BCUT2D eigenvalue weighted by Crippen LogP contribution is -2.30. The number of hydrogen-bond acceptors (Lipinski definition) is 4. The van der Waals surface area contributed by atoms with E-state index < -0.39 is 0 Å². The molecule has 1 saturated carbocycles. The van der Waals surface area contributed by atoms with Crippen molar-refractivity contribution in [2.45, 2.75) is 26.2 Å². The molecule has 0 atom stereocenters. The Morgan fingerprint density at radius 3 is 2.74 bits per heavy atom. The zero-order valence-corrected chi connectivity index (χ0v) is 14.3. The normalized spacial score (nSPS) is 14.0. The van der Waals surface area contributed by atoms with Crippen LogP contribution < -0.4 is 10.6 Å². The molecule has 1 fully saturated rings. The first-order valence-corrected chi connectivity index (χ1v) is 8.51. The van der Waals surface area contributed by atoms with Crippen LogP contribution in [0.25, 0.3) is 10.9 Å². The number of carbonyl (C=O) groups excluding carboxylic acids is 1. The van der Waals surface area contributed by atoms with Gasteiger partial charge in [-0.15, -0.1) is 0 Å². The van der Waals surface area contributed by atoms with Crippen LogP contribution in [-0.4, -0.2) is 29.0 Å². The van der Waals surface area contributed by atoms with E-state index in [-0.39, 0.29) is 11.8 Å². The van der Waals surface area contributed by atoms with E-state index in [1.807, 2.05) is 6.92 Å². The number of fused-ring (bicyclic) bond motifs is 1. The number of aryl methyl sites for hydroxylation is 1. The van der Waals surface area contributed by atoms with Crippen LogP contribution in [0.5, 0.6) is 0 Å². The second-order valence-electron chi connectivity index (χ2n) is 5.62. The van der Waals surface area contributed by atoms with E-state index in [1.165, 1.54) is 0 Å². The lowest BCUT2D eigenvalue weighted by molar-refractivity contribution is -0.122. The molecule has 1 aromatic carbocycles. The predicted octanol–water partition coefficient (Wildman–Crippen LogP) is 3.44. The number of hydrogen-bond donors (Lipinski definition) is 2. The molecule has 1 amide bonds. The highest BCUT2D eigenvalue weighted by atomic mass is 35.5. The highest BCUT2D eigenvalue weighted by Crippen LogP contribution is 2.30. The van der Waals surface area contributed by atoms with E-state index in [2.05, 4.69) is 20.6 Å². The van der Waals surface area contributed by atoms with Crippen LogP contribution in [0.3, 0.4) is 0 Å². The minimum atomic E-state index is 0.139. The van der Waals surface area contributed by atoms with Crippen LogP contribution in [0.1, 0.15) is 25.6 Å². The number of nitrogens with one attached hydrogen (secondary N) is 2. The number of amides is 1. The Kier molecular flexibility index (Phi) is 4.87. The number of carbonyl (C=O) groups is 1. The molecule has 23 heavy (non-hydrogen) atoms. The second kappa shape index (κ2) is 6.89. The summed E-state index contributed by atoms with van der Waals surface area (Å²) in [6.07, 6.45) is 2.72. The standard InChI is InChI=1S/C16H18Cl2N4O/c1-2-13-21-14-11(7-10(17)8-12(14)18)15(22-13)19-5-6-20-16(23)9-3-4-9/h7-9H,2-6H2,1H3,(H,20,23)(H,19,21,22). The summed E-state index contributed by atoms with van der Waals surface area (Å²) in [5, 5.41) is 8.00. The van der Waals surface area contributed by atoms with Gasteiger partial charge in [-0.25, -0.2) is 9.97 Å². The summed E-state index contributed by atoms with van der Waals surface area (Å²) in [4.78, 5) is 20.6. The molecule has 0 spiro atoms. The zero-order valence-electron chi connectivity index (χ0n) is 12.8. The SMILES string of the molecule is CCc1nc(NCCNC(=O)C2CC2)c2cc(Cl)cc(Cl)c2n1. The number of halogens is 2. The fourth-order valence-electron chi connectivity index (χ4n) is 2.35. The van der Waals surface area contributed by atoms with Gasteiger partial charge in [0, 0.05) is 35.8 Å². The van der Waals surface area contributed by atoms with Crippen LogP contribution in [0.2, 0.25) is 10.0 Å². The lowest BCUT2D eigenvalue weighted by atomic mass is 10.2. The Balaban J connectivity index is 1.76. The van der Waals surface area contributed by atoms with Gasteiger partial charge in [-0.05, 0) is 25.0 Å². The van der Waals surface area contributed by atoms with Crippen molar-refractivity contribution in [2.24, 2.45) is 5.92 Å². The highest BCUT2D eigenvalue weighted by molar-refractivity contribution is 6.38. The Labute approximate surface area is 144 Å². The molecule has 3 rings (SSSR count). The molecule has 0 saturated heterocycles. The van der Waals surface area contributed by atoms with Gasteiger partial charge in [0.1, 0.15) is 11.6 Å². The molecule has 5 nitrogen and oxygen atoms in total. The summed E-state index contributed by atoms with van der Waals surface area (Å²) < 4.78 is 0. The van der Waals surface area contributed by atoms with Crippen molar-refractivity contribution in [3.05, 3.63) is 28.0 Å². The van der Waals surface area contributed by atoms with Crippen LogP contribution in [-0.2, 0) is 11.2 Å². The van der Waals surface area contributed by atoms with Gasteiger partial charge >= 0.3 is 0 Å². The summed E-state index contributed by atoms with van der Waals surface area (Å²) in [5.74, 6) is 1.77. The van der Waals surface area contributed by atoms with Gasteiger partial charge < -0.3 is 10.6 Å². The summed E-state index contributed by atoms with van der Waals surface area (Å²) >= 11 is 12.3. The molecule has 7 heteroatoms. The summed E-state index contributed by atoms with van der Waals surface area (Å²) in [7, 11) is 0. The molecular formula is C16H18Cl2N4O. The van der Waals surface area contributed by atoms with E-state index >= 15 is 0 Å². The van der Waals surface area contributed by atoms with E-state index in [0.29, 0.717) is 46.7 Å². The Bertz CT molecular complexity index is 746. The molecule has 122 valence electrons. The lowest BCUT2D eigenvalue weighted by Gasteiger charge is -2.12. The fourth-order valence-corrected chi connectivity index (χ4v) is 2.89. The third kappa shape index (κ3) is 3.85. The summed E-state index contributed by atoms with van der Waals surface area (Å²) in [5.41, 5.74) is 0.687. The Hall–Kier alpha value is -1.59. The smallest absolute Gasteiger partial charge is 0.223 e. The van der Waals surface area contributed by atoms with Crippen molar-refractivity contribution in [1.82, 2.24) is 15.3 Å². The molecule has 1 heterocycles. The topological polar surface area (TPSA) is 66.9 Å². The Morgan fingerprint density at radius 1 is 1.26 bits per heavy atom. The van der Waals surface area contributed by atoms with E-state index in [4.69, 9.17) is 23.2 Å². The quantitative estimate of drug-likeness (QED) is 0.781. The first-order valence-electron chi connectivity index (χ1n) is 7.75. The van der Waals surface area contributed by atoms with Gasteiger partial charge in [-0.3, -0.25) is 4.79 Å². The third-order valence-electron chi connectivity index (χ3n) is 3.75. The maximum Gasteiger partial charge on any atom is 0.223 e. The van der Waals surface area contributed by atoms with Crippen molar-refractivity contribution in [2.75, 3.05) is 18.4 Å². The molecule has 1 aliphatic carbocycles.